The van der Waals surface area contributed by atoms with E-state index in [1.54, 1.807) is 6.08 Å². The van der Waals surface area contributed by atoms with Gasteiger partial charge in [-0.15, -0.1) is 0 Å². The first-order chi connectivity index (χ1) is 7.63. The Kier molecular flexibility index (Phi) is 5.88. The van der Waals surface area contributed by atoms with Crippen molar-refractivity contribution < 1.29 is 4.74 Å². The molecule has 0 spiro atoms. The van der Waals surface area contributed by atoms with Crippen LogP contribution in [0.4, 0.5) is 0 Å². The van der Waals surface area contributed by atoms with E-state index in [0.29, 0.717) is 6.61 Å². The van der Waals surface area contributed by atoms with E-state index in [1.807, 2.05) is 25.1 Å². The summed E-state index contributed by atoms with van der Waals surface area (Å²) >= 11 is 8.87. The van der Waals surface area contributed by atoms with Gasteiger partial charge in [-0.1, -0.05) is 17.7 Å². The van der Waals surface area contributed by atoms with Crippen LogP contribution in [0.1, 0.15) is 12.5 Å². The minimum absolute atomic E-state index is 0.165. The first-order valence-electron chi connectivity index (χ1n) is 5.05. The fourth-order valence-corrected chi connectivity index (χ4v) is 1.95. The van der Waals surface area contributed by atoms with Crippen LogP contribution < -0.4 is 10.5 Å². The molecule has 0 aliphatic carbocycles. The van der Waals surface area contributed by atoms with E-state index >= 15 is 0 Å². The van der Waals surface area contributed by atoms with Gasteiger partial charge in [0.15, 0.2) is 0 Å². The van der Waals surface area contributed by atoms with Crippen LogP contribution in [0.2, 0.25) is 0 Å². The first kappa shape index (κ1) is 13.6. The first-order valence-corrected chi connectivity index (χ1v) is 6.28. The number of ether oxygens (including phenoxy) is 1. The third kappa shape index (κ3) is 4.56. The van der Waals surface area contributed by atoms with Gasteiger partial charge in [0, 0.05) is 11.6 Å². The van der Waals surface area contributed by atoms with Gasteiger partial charge >= 0.3 is 0 Å². The number of nitrogens with two attached hydrogens (primary N) is 1. The minimum atomic E-state index is 0.165. The zero-order chi connectivity index (χ0) is 12.0. The SMILES string of the molecule is CC(N)Cc1ccc(OCC=CCl)c(Br)c1. The average Bonchev–Trinajstić information content (AvgIpc) is 2.20. The smallest absolute Gasteiger partial charge is 0.133 e. The van der Waals surface area contributed by atoms with Gasteiger partial charge in [0.05, 0.1) is 4.47 Å². The maximum atomic E-state index is 5.74. The van der Waals surface area contributed by atoms with Crippen molar-refractivity contribution in [2.24, 2.45) is 5.73 Å². The van der Waals surface area contributed by atoms with Gasteiger partial charge in [-0.05, 0) is 53.0 Å². The predicted molar refractivity (Wildman–Crippen MR) is 72.0 cm³/mol. The van der Waals surface area contributed by atoms with E-state index in [2.05, 4.69) is 15.9 Å². The van der Waals surface area contributed by atoms with Crippen molar-refractivity contribution in [1.29, 1.82) is 0 Å². The molecule has 4 heteroatoms. The molecule has 1 aromatic carbocycles. The molecule has 0 aliphatic rings. The second-order valence-electron chi connectivity index (χ2n) is 3.62. The molecule has 1 atom stereocenters. The quantitative estimate of drug-likeness (QED) is 0.904. The molecular weight excluding hydrogens is 289 g/mol. The van der Waals surface area contributed by atoms with E-state index in [1.165, 1.54) is 11.1 Å². The van der Waals surface area contributed by atoms with Crippen molar-refractivity contribution in [2.45, 2.75) is 19.4 Å². The summed E-state index contributed by atoms with van der Waals surface area (Å²) in [7, 11) is 0. The lowest BCUT2D eigenvalue weighted by Crippen LogP contribution is -2.17. The summed E-state index contributed by atoms with van der Waals surface area (Å²) in [4.78, 5) is 0. The van der Waals surface area contributed by atoms with Gasteiger partial charge in [-0.25, -0.2) is 0 Å². The summed E-state index contributed by atoms with van der Waals surface area (Å²) in [6.07, 6.45) is 2.60. The van der Waals surface area contributed by atoms with Gasteiger partial charge in [-0.2, -0.15) is 0 Å². The van der Waals surface area contributed by atoms with Crippen LogP contribution in [-0.4, -0.2) is 12.6 Å². The van der Waals surface area contributed by atoms with Crippen LogP contribution in [0.25, 0.3) is 0 Å². The summed E-state index contributed by atoms with van der Waals surface area (Å²) in [6.45, 7) is 2.46. The largest absolute Gasteiger partial charge is 0.488 e. The Hall–Kier alpha value is -0.510. The van der Waals surface area contributed by atoms with Crippen LogP contribution in [0.3, 0.4) is 0 Å². The molecule has 0 radical (unpaired) electrons. The second-order valence-corrected chi connectivity index (χ2v) is 4.73. The summed E-state index contributed by atoms with van der Waals surface area (Å²) in [6, 6.07) is 6.15. The van der Waals surface area contributed by atoms with Gasteiger partial charge in [0.2, 0.25) is 0 Å². The van der Waals surface area contributed by atoms with E-state index in [-0.39, 0.29) is 6.04 Å². The Morgan fingerprint density at radius 1 is 1.56 bits per heavy atom. The van der Waals surface area contributed by atoms with Crippen molar-refractivity contribution in [3.05, 3.63) is 39.8 Å². The van der Waals surface area contributed by atoms with Crippen LogP contribution in [0.5, 0.6) is 5.75 Å². The average molecular weight is 305 g/mol. The van der Waals surface area contributed by atoms with Gasteiger partial charge in [0.25, 0.3) is 0 Å². The Morgan fingerprint density at radius 2 is 2.31 bits per heavy atom. The molecule has 0 saturated heterocycles. The molecule has 1 unspecified atom stereocenters. The van der Waals surface area contributed by atoms with E-state index in [4.69, 9.17) is 22.1 Å². The van der Waals surface area contributed by atoms with E-state index in [0.717, 1.165) is 16.6 Å². The highest BCUT2D eigenvalue weighted by Gasteiger charge is 2.03. The molecule has 0 fully saturated rings. The molecule has 2 N–H and O–H groups in total. The fraction of sp³-hybridized carbons (Fsp3) is 0.333. The van der Waals surface area contributed by atoms with Crippen LogP contribution in [0, 0.1) is 0 Å². The number of hydrogen-bond acceptors (Lipinski definition) is 2. The molecule has 0 amide bonds. The standard InChI is InChI=1S/C12H15BrClNO/c1-9(15)7-10-3-4-12(11(13)8-10)16-6-2-5-14/h2-5,8-9H,6-7,15H2,1H3. The molecule has 1 rings (SSSR count). The molecule has 1 aromatic rings. The highest BCUT2D eigenvalue weighted by Crippen LogP contribution is 2.26. The zero-order valence-corrected chi connectivity index (χ0v) is 11.5. The molecular formula is C12H15BrClNO. The Bertz CT molecular complexity index is 366. The normalized spacial score (nSPS) is 13.0. The third-order valence-corrected chi connectivity index (χ3v) is 2.78. The number of rotatable bonds is 5. The van der Waals surface area contributed by atoms with Gasteiger partial charge in [0.1, 0.15) is 12.4 Å². The zero-order valence-electron chi connectivity index (χ0n) is 9.12. The Morgan fingerprint density at radius 3 is 2.88 bits per heavy atom. The molecule has 16 heavy (non-hydrogen) atoms. The van der Waals surface area contributed by atoms with Crippen molar-refractivity contribution >= 4 is 27.5 Å². The minimum Gasteiger partial charge on any atom is -0.488 e. The highest BCUT2D eigenvalue weighted by atomic mass is 79.9. The summed E-state index contributed by atoms with van der Waals surface area (Å²) in [5.74, 6) is 0.809. The Balaban J connectivity index is 2.67. The van der Waals surface area contributed by atoms with Crippen molar-refractivity contribution in [3.8, 4) is 5.75 Å². The van der Waals surface area contributed by atoms with E-state index in [9.17, 15) is 0 Å². The van der Waals surface area contributed by atoms with Gasteiger partial charge in [-0.3, -0.25) is 0 Å². The molecule has 0 aliphatic heterocycles. The van der Waals surface area contributed by atoms with Crippen molar-refractivity contribution in [1.82, 2.24) is 0 Å². The van der Waals surface area contributed by atoms with E-state index < -0.39 is 0 Å². The van der Waals surface area contributed by atoms with Crippen LogP contribution in [-0.2, 0) is 6.42 Å². The van der Waals surface area contributed by atoms with Crippen LogP contribution in [0.15, 0.2) is 34.3 Å². The number of benzene rings is 1. The highest BCUT2D eigenvalue weighted by molar-refractivity contribution is 9.10. The topological polar surface area (TPSA) is 35.2 Å². The lowest BCUT2D eigenvalue weighted by molar-refractivity contribution is 0.360. The molecule has 0 bridgehead atoms. The Labute approximate surface area is 110 Å². The monoisotopic (exact) mass is 303 g/mol. The lowest BCUT2D eigenvalue weighted by Gasteiger charge is -2.09. The van der Waals surface area contributed by atoms with Crippen LogP contribution >= 0.6 is 27.5 Å². The number of halogens is 2. The maximum absolute atomic E-state index is 5.74. The fourth-order valence-electron chi connectivity index (χ4n) is 1.33. The van der Waals surface area contributed by atoms with Gasteiger partial charge < -0.3 is 10.5 Å². The van der Waals surface area contributed by atoms with Crippen molar-refractivity contribution in [2.75, 3.05) is 6.61 Å². The number of hydrogen-bond donors (Lipinski definition) is 1. The second kappa shape index (κ2) is 6.94. The molecule has 0 aromatic heterocycles. The molecule has 2 nitrogen and oxygen atoms in total. The summed E-state index contributed by atoms with van der Waals surface area (Å²) < 4.78 is 6.43. The summed E-state index contributed by atoms with van der Waals surface area (Å²) in [5.41, 5.74) is 8.38. The third-order valence-electron chi connectivity index (χ3n) is 1.98. The van der Waals surface area contributed by atoms with Crippen molar-refractivity contribution in [3.63, 3.8) is 0 Å². The summed E-state index contributed by atoms with van der Waals surface area (Å²) in [5, 5.41) is 0. The maximum Gasteiger partial charge on any atom is 0.133 e. The molecule has 88 valence electrons. The lowest BCUT2D eigenvalue weighted by atomic mass is 10.1. The molecule has 0 heterocycles. The predicted octanol–water partition coefficient (Wildman–Crippen LogP) is 3.47. The molecule has 0 saturated carbocycles.